The fourth-order valence-corrected chi connectivity index (χ4v) is 2.42. The Bertz CT molecular complexity index is 457. The van der Waals surface area contributed by atoms with Crippen LogP contribution in [0.4, 0.5) is 0 Å². The van der Waals surface area contributed by atoms with E-state index in [-0.39, 0.29) is 18.1 Å². The largest absolute Gasteiger partial charge is 0.490 e. The SMILES string of the molecule is CC(C)Oc1cc(Br)ccc1C(=O)NC1CCNC1. The second-order valence-corrected chi connectivity index (χ2v) is 5.89. The molecular weight excluding hydrogens is 308 g/mol. The number of amides is 1. The molecule has 1 atom stereocenters. The Labute approximate surface area is 122 Å². The average Bonchev–Trinajstić information content (AvgIpc) is 2.80. The molecule has 1 aliphatic rings. The van der Waals surface area contributed by atoms with Crippen LogP contribution in [0.25, 0.3) is 0 Å². The van der Waals surface area contributed by atoms with E-state index in [1.807, 2.05) is 26.0 Å². The summed E-state index contributed by atoms with van der Waals surface area (Å²) in [5, 5.41) is 6.26. The summed E-state index contributed by atoms with van der Waals surface area (Å²) in [7, 11) is 0. The molecule has 1 saturated heterocycles. The topological polar surface area (TPSA) is 50.4 Å². The molecule has 1 unspecified atom stereocenters. The number of carbonyl (C=O) groups excluding carboxylic acids is 1. The maximum atomic E-state index is 12.3. The third kappa shape index (κ3) is 3.94. The van der Waals surface area contributed by atoms with Crippen molar-refractivity contribution in [2.75, 3.05) is 13.1 Å². The first-order valence-electron chi connectivity index (χ1n) is 6.54. The first kappa shape index (κ1) is 14.3. The molecule has 1 amide bonds. The van der Waals surface area contributed by atoms with Crippen molar-refractivity contribution in [3.8, 4) is 5.75 Å². The van der Waals surface area contributed by atoms with Crippen LogP contribution in [0.15, 0.2) is 22.7 Å². The van der Waals surface area contributed by atoms with Gasteiger partial charge in [-0.15, -0.1) is 0 Å². The van der Waals surface area contributed by atoms with Crippen molar-refractivity contribution in [2.45, 2.75) is 32.4 Å². The van der Waals surface area contributed by atoms with Gasteiger partial charge in [-0.2, -0.15) is 0 Å². The highest BCUT2D eigenvalue weighted by atomic mass is 79.9. The molecule has 0 radical (unpaired) electrons. The highest BCUT2D eigenvalue weighted by Crippen LogP contribution is 2.25. The van der Waals surface area contributed by atoms with E-state index in [1.54, 1.807) is 6.07 Å². The van der Waals surface area contributed by atoms with Gasteiger partial charge in [-0.05, 0) is 45.0 Å². The van der Waals surface area contributed by atoms with Crippen molar-refractivity contribution in [3.63, 3.8) is 0 Å². The Morgan fingerprint density at radius 2 is 2.32 bits per heavy atom. The third-order valence-corrected chi connectivity index (χ3v) is 3.44. The van der Waals surface area contributed by atoms with Gasteiger partial charge in [-0.3, -0.25) is 4.79 Å². The van der Waals surface area contributed by atoms with Crippen molar-refractivity contribution in [2.24, 2.45) is 0 Å². The van der Waals surface area contributed by atoms with Crippen LogP contribution in [0.3, 0.4) is 0 Å². The van der Waals surface area contributed by atoms with E-state index in [2.05, 4.69) is 26.6 Å². The first-order chi connectivity index (χ1) is 9.06. The van der Waals surface area contributed by atoms with E-state index < -0.39 is 0 Å². The zero-order chi connectivity index (χ0) is 13.8. The molecule has 0 saturated carbocycles. The van der Waals surface area contributed by atoms with Gasteiger partial charge in [0.2, 0.25) is 0 Å². The predicted octanol–water partition coefficient (Wildman–Crippen LogP) is 2.33. The van der Waals surface area contributed by atoms with Crippen molar-refractivity contribution in [1.29, 1.82) is 0 Å². The highest BCUT2D eigenvalue weighted by Gasteiger charge is 2.20. The fraction of sp³-hybridized carbons (Fsp3) is 0.500. The average molecular weight is 327 g/mol. The number of hydrogen-bond donors (Lipinski definition) is 2. The standard InChI is InChI=1S/C14H19BrN2O2/c1-9(2)19-13-7-10(15)3-4-12(13)14(18)17-11-5-6-16-8-11/h3-4,7,9,11,16H,5-6,8H2,1-2H3,(H,17,18). The monoisotopic (exact) mass is 326 g/mol. The second kappa shape index (κ2) is 6.39. The molecule has 104 valence electrons. The van der Waals surface area contributed by atoms with Crippen LogP contribution in [-0.4, -0.2) is 31.1 Å². The molecule has 1 aromatic carbocycles. The molecule has 19 heavy (non-hydrogen) atoms. The zero-order valence-corrected chi connectivity index (χ0v) is 12.8. The van der Waals surface area contributed by atoms with Gasteiger partial charge >= 0.3 is 0 Å². The van der Waals surface area contributed by atoms with Crippen LogP contribution in [0.2, 0.25) is 0 Å². The quantitative estimate of drug-likeness (QED) is 0.892. The second-order valence-electron chi connectivity index (χ2n) is 4.97. The lowest BCUT2D eigenvalue weighted by Crippen LogP contribution is -2.36. The molecule has 4 nitrogen and oxygen atoms in total. The van der Waals surface area contributed by atoms with Gasteiger partial charge in [0.05, 0.1) is 11.7 Å². The number of carbonyl (C=O) groups is 1. The molecule has 2 rings (SSSR count). The van der Waals surface area contributed by atoms with Crippen LogP contribution in [0, 0.1) is 0 Å². The molecule has 0 bridgehead atoms. The molecule has 1 fully saturated rings. The lowest BCUT2D eigenvalue weighted by atomic mass is 10.1. The third-order valence-electron chi connectivity index (χ3n) is 2.95. The van der Waals surface area contributed by atoms with Crippen molar-refractivity contribution >= 4 is 21.8 Å². The number of ether oxygens (including phenoxy) is 1. The molecular formula is C14H19BrN2O2. The van der Waals surface area contributed by atoms with Crippen LogP contribution >= 0.6 is 15.9 Å². The molecule has 1 aromatic rings. The van der Waals surface area contributed by atoms with E-state index in [0.717, 1.165) is 24.0 Å². The summed E-state index contributed by atoms with van der Waals surface area (Å²) in [6, 6.07) is 5.69. The van der Waals surface area contributed by atoms with Crippen LogP contribution < -0.4 is 15.4 Å². The van der Waals surface area contributed by atoms with Gasteiger partial charge in [0, 0.05) is 17.1 Å². The van der Waals surface area contributed by atoms with Crippen molar-refractivity contribution in [3.05, 3.63) is 28.2 Å². The van der Waals surface area contributed by atoms with Gasteiger partial charge in [0.1, 0.15) is 5.75 Å². The number of rotatable bonds is 4. The molecule has 0 aliphatic carbocycles. The van der Waals surface area contributed by atoms with E-state index >= 15 is 0 Å². The van der Waals surface area contributed by atoms with Crippen molar-refractivity contribution in [1.82, 2.24) is 10.6 Å². The first-order valence-corrected chi connectivity index (χ1v) is 7.33. The predicted molar refractivity (Wildman–Crippen MR) is 78.6 cm³/mol. The molecule has 2 N–H and O–H groups in total. The lowest BCUT2D eigenvalue weighted by Gasteiger charge is -2.16. The van der Waals surface area contributed by atoms with Gasteiger partial charge in [-0.25, -0.2) is 0 Å². The summed E-state index contributed by atoms with van der Waals surface area (Å²) >= 11 is 3.40. The number of nitrogens with one attached hydrogen (secondary N) is 2. The normalized spacial score (nSPS) is 18.6. The Hall–Kier alpha value is -1.07. The van der Waals surface area contributed by atoms with Crippen molar-refractivity contribution < 1.29 is 9.53 Å². The van der Waals surface area contributed by atoms with Gasteiger partial charge in [0.15, 0.2) is 0 Å². The molecule has 0 aromatic heterocycles. The summed E-state index contributed by atoms with van der Waals surface area (Å²) in [5.74, 6) is 0.546. The van der Waals surface area contributed by atoms with Gasteiger partial charge in [-0.1, -0.05) is 15.9 Å². The zero-order valence-electron chi connectivity index (χ0n) is 11.2. The fourth-order valence-electron chi connectivity index (χ4n) is 2.08. The van der Waals surface area contributed by atoms with Crippen LogP contribution in [0.1, 0.15) is 30.6 Å². The van der Waals surface area contributed by atoms with E-state index in [9.17, 15) is 4.79 Å². The Balaban J connectivity index is 2.14. The Morgan fingerprint density at radius 3 is 2.95 bits per heavy atom. The highest BCUT2D eigenvalue weighted by molar-refractivity contribution is 9.10. The minimum atomic E-state index is -0.0724. The summed E-state index contributed by atoms with van der Waals surface area (Å²) < 4.78 is 6.61. The number of benzene rings is 1. The summed E-state index contributed by atoms with van der Waals surface area (Å²) in [6.07, 6.45) is 1.01. The molecule has 1 heterocycles. The summed E-state index contributed by atoms with van der Waals surface area (Å²) in [5.41, 5.74) is 0.587. The van der Waals surface area contributed by atoms with Crippen LogP contribution in [-0.2, 0) is 0 Å². The molecule has 1 aliphatic heterocycles. The minimum absolute atomic E-state index is 0.0361. The minimum Gasteiger partial charge on any atom is -0.490 e. The summed E-state index contributed by atoms with van der Waals surface area (Å²) in [6.45, 7) is 5.69. The number of hydrogen-bond acceptors (Lipinski definition) is 3. The maximum absolute atomic E-state index is 12.3. The Morgan fingerprint density at radius 1 is 1.53 bits per heavy atom. The maximum Gasteiger partial charge on any atom is 0.255 e. The lowest BCUT2D eigenvalue weighted by molar-refractivity contribution is 0.0934. The van der Waals surface area contributed by atoms with E-state index in [4.69, 9.17) is 4.74 Å². The molecule has 0 spiro atoms. The number of halogens is 1. The molecule has 5 heteroatoms. The van der Waals surface area contributed by atoms with Crippen LogP contribution in [0.5, 0.6) is 5.75 Å². The summed E-state index contributed by atoms with van der Waals surface area (Å²) in [4.78, 5) is 12.3. The van der Waals surface area contributed by atoms with E-state index in [1.165, 1.54) is 0 Å². The Kier molecular flexibility index (Phi) is 4.82. The van der Waals surface area contributed by atoms with Gasteiger partial charge < -0.3 is 15.4 Å². The van der Waals surface area contributed by atoms with Gasteiger partial charge in [0.25, 0.3) is 5.91 Å². The smallest absolute Gasteiger partial charge is 0.255 e. The van der Waals surface area contributed by atoms with E-state index in [0.29, 0.717) is 11.3 Å².